The maximum atomic E-state index is 12.6. The van der Waals surface area contributed by atoms with Gasteiger partial charge < -0.3 is 9.80 Å². The number of carbonyl (C=O) groups is 1. The Morgan fingerprint density at radius 2 is 1.54 bits per heavy atom. The van der Waals surface area contributed by atoms with Crippen molar-refractivity contribution in [3.05, 3.63) is 71.3 Å². The van der Waals surface area contributed by atoms with E-state index in [0.29, 0.717) is 12.0 Å². The lowest BCUT2D eigenvalue weighted by Crippen LogP contribution is -2.43. The Balaban J connectivity index is 1.27. The molecule has 2 aromatic rings. The van der Waals surface area contributed by atoms with Gasteiger partial charge >= 0.3 is 0 Å². The number of rotatable bonds is 4. The summed E-state index contributed by atoms with van der Waals surface area (Å²) in [5.41, 5.74) is 3.85. The van der Waals surface area contributed by atoms with Gasteiger partial charge in [-0.2, -0.15) is 0 Å². The highest BCUT2D eigenvalue weighted by Crippen LogP contribution is 2.27. The molecular weight excluding hydrogens is 320 g/mol. The van der Waals surface area contributed by atoms with Crippen LogP contribution in [0.1, 0.15) is 34.3 Å². The lowest BCUT2D eigenvalue weighted by atomic mass is 9.95. The van der Waals surface area contributed by atoms with E-state index in [4.69, 9.17) is 0 Å². The van der Waals surface area contributed by atoms with Gasteiger partial charge in [-0.05, 0) is 61.9 Å². The Bertz CT molecular complexity index is 725. The van der Waals surface area contributed by atoms with E-state index in [-0.39, 0.29) is 5.91 Å². The van der Waals surface area contributed by atoms with E-state index in [9.17, 15) is 4.79 Å². The van der Waals surface area contributed by atoms with Crippen LogP contribution in [-0.2, 0) is 12.8 Å². The van der Waals surface area contributed by atoms with E-state index in [1.807, 2.05) is 35.2 Å². The van der Waals surface area contributed by atoms with Gasteiger partial charge in [0.15, 0.2) is 0 Å². The molecule has 136 valence electrons. The molecule has 2 aliphatic rings. The van der Waals surface area contributed by atoms with Crippen molar-refractivity contribution >= 4 is 5.91 Å². The molecule has 3 heteroatoms. The minimum Gasteiger partial charge on any atom is -0.339 e. The molecule has 0 unspecified atom stereocenters. The van der Waals surface area contributed by atoms with E-state index in [1.54, 1.807) is 0 Å². The van der Waals surface area contributed by atoms with Gasteiger partial charge in [-0.1, -0.05) is 42.5 Å². The summed E-state index contributed by atoms with van der Waals surface area (Å²) in [5, 5.41) is 0. The molecule has 0 spiro atoms. The molecule has 1 fully saturated rings. The number of likely N-dealkylation sites (tertiary alicyclic amines) is 1. The summed E-state index contributed by atoms with van der Waals surface area (Å²) in [6.45, 7) is 2.92. The van der Waals surface area contributed by atoms with Gasteiger partial charge in [-0.3, -0.25) is 4.79 Å². The maximum absolute atomic E-state index is 12.6. The summed E-state index contributed by atoms with van der Waals surface area (Å²) >= 11 is 0. The van der Waals surface area contributed by atoms with E-state index in [0.717, 1.165) is 38.0 Å². The van der Waals surface area contributed by atoms with Crippen molar-refractivity contribution in [1.29, 1.82) is 0 Å². The lowest BCUT2D eigenvalue weighted by molar-refractivity contribution is 0.0663. The summed E-state index contributed by atoms with van der Waals surface area (Å²) in [6, 6.07) is 19.2. The Labute approximate surface area is 156 Å². The largest absolute Gasteiger partial charge is 0.339 e. The van der Waals surface area contributed by atoms with Gasteiger partial charge in [0, 0.05) is 31.2 Å². The van der Waals surface area contributed by atoms with Crippen LogP contribution in [0.15, 0.2) is 54.6 Å². The second-order valence-corrected chi connectivity index (χ2v) is 7.87. The van der Waals surface area contributed by atoms with E-state index in [1.165, 1.54) is 24.0 Å². The van der Waals surface area contributed by atoms with Crippen molar-refractivity contribution in [2.24, 2.45) is 5.92 Å². The van der Waals surface area contributed by atoms with Gasteiger partial charge in [-0.25, -0.2) is 0 Å². The molecule has 0 atom stereocenters. The SMILES string of the molecule is CN(CC1CCN(C(=O)c2ccccc2)CC1)C1Cc2ccccc2C1. The smallest absolute Gasteiger partial charge is 0.253 e. The van der Waals surface area contributed by atoms with Crippen LogP contribution in [0.25, 0.3) is 0 Å². The first-order valence-corrected chi connectivity index (χ1v) is 9.82. The third kappa shape index (κ3) is 3.68. The van der Waals surface area contributed by atoms with E-state index >= 15 is 0 Å². The average Bonchev–Trinajstić information content (AvgIpc) is 3.13. The number of benzene rings is 2. The predicted octanol–water partition coefficient (Wildman–Crippen LogP) is 3.64. The molecule has 4 rings (SSSR count). The Morgan fingerprint density at radius 1 is 0.962 bits per heavy atom. The molecule has 0 aromatic heterocycles. The molecule has 0 radical (unpaired) electrons. The van der Waals surface area contributed by atoms with Gasteiger partial charge in [0.2, 0.25) is 0 Å². The number of hydrogen-bond donors (Lipinski definition) is 0. The topological polar surface area (TPSA) is 23.6 Å². The highest BCUT2D eigenvalue weighted by atomic mass is 16.2. The molecule has 0 bridgehead atoms. The Morgan fingerprint density at radius 3 is 2.15 bits per heavy atom. The Hall–Kier alpha value is -2.13. The summed E-state index contributed by atoms with van der Waals surface area (Å²) in [5.74, 6) is 0.882. The van der Waals surface area contributed by atoms with Crippen LogP contribution < -0.4 is 0 Å². The van der Waals surface area contributed by atoms with Crippen LogP contribution in [0.5, 0.6) is 0 Å². The third-order valence-corrected chi connectivity index (χ3v) is 6.12. The number of carbonyl (C=O) groups excluding carboxylic acids is 1. The standard InChI is InChI=1S/C23H28N2O/c1-24(22-15-20-9-5-6-10-21(20)16-22)17-18-11-13-25(14-12-18)23(26)19-7-3-2-4-8-19/h2-10,18,22H,11-17H2,1H3. The third-order valence-electron chi connectivity index (χ3n) is 6.12. The molecule has 1 aliphatic carbocycles. The molecule has 1 aliphatic heterocycles. The van der Waals surface area contributed by atoms with Crippen molar-refractivity contribution in [2.75, 3.05) is 26.7 Å². The number of fused-ring (bicyclic) bond motifs is 1. The first kappa shape index (κ1) is 17.3. The highest BCUT2D eigenvalue weighted by molar-refractivity contribution is 5.94. The van der Waals surface area contributed by atoms with Crippen LogP contribution in [-0.4, -0.2) is 48.4 Å². The van der Waals surface area contributed by atoms with Crippen molar-refractivity contribution in [3.63, 3.8) is 0 Å². The fourth-order valence-corrected chi connectivity index (χ4v) is 4.49. The quantitative estimate of drug-likeness (QED) is 0.842. The summed E-state index contributed by atoms with van der Waals surface area (Å²) in [6.07, 6.45) is 4.58. The Kier molecular flexibility index (Phi) is 5.07. The summed E-state index contributed by atoms with van der Waals surface area (Å²) in [7, 11) is 2.28. The molecule has 1 saturated heterocycles. The van der Waals surface area contributed by atoms with Crippen molar-refractivity contribution in [2.45, 2.75) is 31.7 Å². The van der Waals surface area contributed by atoms with Gasteiger partial charge in [0.1, 0.15) is 0 Å². The molecule has 1 amide bonds. The molecule has 26 heavy (non-hydrogen) atoms. The van der Waals surface area contributed by atoms with E-state index in [2.05, 4.69) is 36.2 Å². The zero-order chi connectivity index (χ0) is 17.9. The molecule has 0 saturated carbocycles. The monoisotopic (exact) mass is 348 g/mol. The molecule has 2 aromatic carbocycles. The average molecular weight is 348 g/mol. The second kappa shape index (κ2) is 7.63. The van der Waals surface area contributed by atoms with Gasteiger partial charge in [0.05, 0.1) is 0 Å². The van der Waals surface area contributed by atoms with Crippen molar-refractivity contribution in [1.82, 2.24) is 9.80 Å². The number of hydrogen-bond acceptors (Lipinski definition) is 2. The van der Waals surface area contributed by atoms with Crippen LogP contribution in [0.2, 0.25) is 0 Å². The zero-order valence-electron chi connectivity index (χ0n) is 15.6. The molecule has 3 nitrogen and oxygen atoms in total. The normalized spacial score (nSPS) is 18.3. The number of piperidine rings is 1. The first-order chi connectivity index (χ1) is 12.7. The van der Waals surface area contributed by atoms with Crippen molar-refractivity contribution < 1.29 is 4.79 Å². The fraction of sp³-hybridized carbons (Fsp3) is 0.435. The number of amides is 1. The molecule has 0 N–H and O–H groups in total. The van der Waals surface area contributed by atoms with Crippen LogP contribution >= 0.6 is 0 Å². The van der Waals surface area contributed by atoms with Gasteiger partial charge in [0.25, 0.3) is 5.91 Å². The minimum absolute atomic E-state index is 0.184. The molecular formula is C23H28N2O. The lowest BCUT2D eigenvalue weighted by Gasteiger charge is -2.35. The number of likely N-dealkylation sites (N-methyl/N-ethyl adjacent to an activating group) is 1. The fourth-order valence-electron chi connectivity index (χ4n) is 4.49. The minimum atomic E-state index is 0.184. The van der Waals surface area contributed by atoms with E-state index < -0.39 is 0 Å². The second-order valence-electron chi connectivity index (χ2n) is 7.87. The van der Waals surface area contributed by atoms with Crippen LogP contribution in [0, 0.1) is 5.92 Å². The van der Waals surface area contributed by atoms with Crippen LogP contribution in [0.3, 0.4) is 0 Å². The first-order valence-electron chi connectivity index (χ1n) is 9.82. The summed E-state index contributed by atoms with van der Waals surface area (Å²) < 4.78 is 0. The van der Waals surface area contributed by atoms with Gasteiger partial charge in [-0.15, -0.1) is 0 Å². The highest BCUT2D eigenvalue weighted by Gasteiger charge is 2.28. The zero-order valence-corrected chi connectivity index (χ0v) is 15.6. The maximum Gasteiger partial charge on any atom is 0.253 e. The predicted molar refractivity (Wildman–Crippen MR) is 105 cm³/mol. The molecule has 1 heterocycles. The number of nitrogens with zero attached hydrogens (tertiary/aromatic N) is 2. The van der Waals surface area contributed by atoms with Crippen molar-refractivity contribution in [3.8, 4) is 0 Å². The van der Waals surface area contributed by atoms with Crippen LogP contribution in [0.4, 0.5) is 0 Å². The summed E-state index contributed by atoms with van der Waals surface area (Å²) in [4.78, 5) is 17.2.